The summed E-state index contributed by atoms with van der Waals surface area (Å²) in [6.45, 7) is 9.89. The molecule has 0 bridgehead atoms. The van der Waals surface area contributed by atoms with Crippen LogP contribution in [0.2, 0.25) is 5.02 Å². The fourth-order valence-corrected chi connectivity index (χ4v) is 3.91. The van der Waals surface area contributed by atoms with Gasteiger partial charge in [-0.25, -0.2) is 9.59 Å². The highest BCUT2D eigenvalue weighted by Crippen LogP contribution is 2.21. The second kappa shape index (κ2) is 13.0. The van der Waals surface area contributed by atoms with Crippen LogP contribution in [0, 0.1) is 11.8 Å². The van der Waals surface area contributed by atoms with Crippen molar-refractivity contribution in [3.63, 3.8) is 0 Å². The number of rotatable bonds is 7. The lowest BCUT2D eigenvalue weighted by molar-refractivity contribution is -0.159. The van der Waals surface area contributed by atoms with Crippen molar-refractivity contribution in [3.8, 4) is 0 Å². The molecular weight excluding hydrogens is 390 g/mol. The summed E-state index contributed by atoms with van der Waals surface area (Å²) >= 11 is 7.69. The van der Waals surface area contributed by atoms with Crippen molar-refractivity contribution >= 4 is 35.3 Å². The number of thioether (sulfide) groups is 1. The van der Waals surface area contributed by atoms with E-state index in [1.165, 1.54) is 24.4 Å². The summed E-state index contributed by atoms with van der Waals surface area (Å²) in [5.74, 6) is -0.998. The molecule has 1 aliphatic rings. The van der Waals surface area contributed by atoms with Crippen LogP contribution in [-0.4, -0.2) is 65.7 Å². The number of hydrogen-bond acceptors (Lipinski definition) is 5. The Morgan fingerprint density at radius 1 is 1.11 bits per heavy atom. The predicted octanol–water partition coefficient (Wildman–Crippen LogP) is 3.58. The zero-order valence-electron chi connectivity index (χ0n) is 15.8. The average molecular weight is 418 g/mol. The molecule has 0 saturated carbocycles. The first kappa shape index (κ1) is 23.8. The summed E-state index contributed by atoms with van der Waals surface area (Å²) in [5.41, 5.74) is 0. The molecular formula is C19H28ClNO5S. The van der Waals surface area contributed by atoms with Gasteiger partial charge in [-0.3, -0.25) is 0 Å². The Labute approximate surface area is 169 Å². The summed E-state index contributed by atoms with van der Waals surface area (Å²) in [6, 6.07) is 7.99. The summed E-state index contributed by atoms with van der Waals surface area (Å²) in [6.07, 6.45) is 1.37. The molecule has 6 nitrogen and oxygen atoms in total. The van der Waals surface area contributed by atoms with Crippen molar-refractivity contribution in [3.05, 3.63) is 29.3 Å². The monoisotopic (exact) mass is 417 g/mol. The number of piperidine rings is 1. The topological polar surface area (TPSA) is 87.1 Å². The van der Waals surface area contributed by atoms with Gasteiger partial charge >= 0.3 is 11.9 Å². The number of benzene rings is 1. The first-order chi connectivity index (χ1) is 12.8. The van der Waals surface area contributed by atoms with Gasteiger partial charge in [0.1, 0.15) is 0 Å². The van der Waals surface area contributed by atoms with E-state index in [1.54, 1.807) is 0 Å². The van der Waals surface area contributed by atoms with Gasteiger partial charge in [-0.1, -0.05) is 25.4 Å². The van der Waals surface area contributed by atoms with E-state index in [1.807, 2.05) is 23.9 Å². The summed E-state index contributed by atoms with van der Waals surface area (Å²) in [5, 5.41) is 15.6. The number of carboxylic acids is 2. The van der Waals surface area contributed by atoms with Crippen LogP contribution in [0.4, 0.5) is 0 Å². The van der Waals surface area contributed by atoms with E-state index in [2.05, 4.69) is 30.9 Å². The quantitative estimate of drug-likeness (QED) is 0.398. The van der Waals surface area contributed by atoms with Gasteiger partial charge in [0.15, 0.2) is 0 Å². The van der Waals surface area contributed by atoms with Gasteiger partial charge in [-0.2, -0.15) is 0 Å². The van der Waals surface area contributed by atoms with E-state index in [0.717, 1.165) is 42.4 Å². The fraction of sp³-hybridized carbons (Fsp3) is 0.579. The molecule has 1 heterocycles. The number of carboxylic acid groups (broad SMARTS) is 2. The Hall–Kier alpha value is -1.28. The minimum atomic E-state index is -1.82. The van der Waals surface area contributed by atoms with Gasteiger partial charge < -0.3 is 19.8 Å². The lowest BCUT2D eigenvalue weighted by Crippen LogP contribution is -2.40. The van der Waals surface area contributed by atoms with Crippen LogP contribution < -0.4 is 0 Å². The molecule has 2 rings (SSSR count). The smallest absolute Gasteiger partial charge is 0.414 e. The predicted molar refractivity (Wildman–Crippen MR) is 108 cm³/mol. The molecule has 152 valence electrons. The molecule has 1 aliphatic heterocycles. The van der Waals surface area contributed by atoms with E-state index in [0.29, 0.717) is 0 Å². The third kappa shape index (κ3) is 11.2. The molecule has 0 amide bonds. The fourth-order valence-electron chi connectivity index (χ4n) is 3.02. The average Bonchev–Trinajstić information content (AvgIpc) is 2.59. The molecule has 0 radical (unpaired) electrons. The number of likely N-dealkylation sites (tertiary alicyclic amines) is 1. The van der Waals surface area contributed by atoms with Crippen molar-refractivity contribution in [1.82, 2.24) is 4.90 Å². The van der Waals surface area contributed by atoms with E-state index >= 15 is 0 Å². The van der Waals surface area contributed by atoms with Gasteiger partial charge in [0.25, 0.3) is 0 Å². The Balaban J connectivity index is 0.000000527. The van der Waals surface area contributed by atoms with Crippen molar-refractivity contribution in [2.75, 3.05) is 38.6 Å². The highest BCUT2D eigenvalue weighted by Gasteiger charge is 2.21. The first-order valence-corrected chi connectivity index (χ1v) is 10.3. The number of aliphatic carboxylic acids is 2. The lowest BCUT2D eigenvalue weighted by atomic mass is 9.92. The Bertz CT molecular complexity index is 562. The summed E-state index contributed by atoms with van der Waals surface area (Å²) < 4.78 is 5.76. The molecule has 1 aromatic carbocycles. The largest absolute Gasteiger partial charge is 0.473 e. The minimum Gasteiger partial charge on any atom is -0.473 e. The summed E-state index contributed by atoms with van der Waals surface area (Å²) in [7, 11) is 0. The van der Waals surface area contributed by atoms with Crippen molar-refractivity contribution in [1.29, 1.82) is 0 Å². The van der Waals surface area contributed by atoms with E-state index in [9.17, 15) is 0 Å². The molecule has 27 heavy (non-hydrogen) atoms. The van der Waals surface area contributed by atoms with Crippen LogP contribution in [0.1, 0.15) is 20.3 Å². The summed E-state index contributed by atoms with van der Waals surface area (Å²) in [4.78, 5) is 22.0. The van der Waals surface area contributed by atoms with Crippen molar-refractivity contribution in [2.45, 2.75) is 25.2 Å². The number of carbonyl (C=O) groups is 2. The van der Waals surface area contributed by atoms with Crippen LogP contribution in [0.5, 0.6) is 0 Å². The van der Waals surface area contributed by atoms with Gasteiger partial charge in [0, 0.05) is 35.3 Å². The number of halogens is 1. The van der Waals surface area contributed by atoms with E-state index < -0.39 is 11.9 Å². The first-order valence-electron chi connectivity index (χ1n) is 8.92. The molecule has 8 heteroatoms. The third-order valence-electron chi connectivity index (χ3n) is 3.99. The van der Waals surface area contributed by atoms with Gasteiger partial charge in [0.05, 0.1) is 13.2 Å². The van der Waals surface area contributed by atoms with Crippen LogP contribution >= 0.6 is 23.4 Å². The SMILES string of the molecule is CC1CC(C)CN(CCOCCSc2ccc(Cl)cc2)C1.O=C(O)C(=O)O. The molecule has 0 aliphatic carbocycles. The molecule has 1 aromatic rings. The van der Waals surface area contributed by atoms with Crippen LogP contribution in [0.3, 0.4) is 0 Å². The highest BCUT2D eigenvalue weighted by atomic mass is 35.5. The normalized spacial score (nSPS) is 19.8. The molecule has 1 saturated heterocycles. The van der Waals surface area contributed by atoms with Gasteiger partial charge in [0.2, 0.25) is 0 Å². The zero-order valence-corrected chi connectivity index (χ0v) is 17.3. The van der Waals surface area contributed by atoms with Crippen molar-refractivity contribution < 1.29 is 24.5 Å². The Morgan fingerprint density at radius 3 is 2.19 bits per heavy atom. The van der Waals surface area contributed by atoms with Gasteiger partial charge in [-0.05, 0) is 42.5 Å². The Kier molecular flexibility index (Phi) is 11.4. The molecule has 1 fully saturated rings. The van der Waals surface area contributed by atoms with E-state index in [4.69, 9.17) is 36.1 Å². The molecule has 0 aromatic heterocycles. The van der Waals surface area contributed by atoms with E-state index in [-0.39, 0.29) is 0 Å². The minimum absolute atomic E-state index is 0.792. The molecule has 0 spiro atoms. The lowest BCUT2D eigenvalue weighted by Gasteiger charge is -2.34. The third-order valence-corrected chi connectivity index (χ3v) is 5.22. The standard InChI is InChI=1S/C17H26ClNOS.C2H2O4/c1-14-11-15(2)13-19(12-14)7-8-20-9-10-21-17-5-3-16(18)4-6-17;3-1(4)2(5)6/h3-6,14-15H,7-13H2,1-2H3;(H,3,4)(H,5,6). The number of hydrogen-bond donors (Lipinski definition) is 2. The van der Waals surface area contributed by atoms with Gasteiger partial charge in [-0.15, -0.1) is 11.8 Å². The number of ether oxygens (including phenoxy) is 1. The Morgan fingerprint density at radius 2 is 1.67 bits per heavy atom. The maximum absolute atomic E-state index is 9.10. The maximum Gasteiger partial charge on any atom is 0.414 e. The molecule has 2 N–H and O–H groups in total. The number of nitrogens with zero attached hydrogens (tertiary/aromatic N) is 1. The van der Waals surface area contributed by atoms with Crippen molar-refractivity contribution in [2.24, 2.45) is 11.8 Å². The second-order valence-electron chi connectivity index (χ2n) is 6.73. The van der Waals surface area contributed by atoms with Crippen LogP contribution in [0.15, 0.2) is 29.2 Å². The zero-order chi connectivity index (χ0) is 20.2. The highest BCUT2D eigenvalue weighted by molar-refractivity contribution is 7.99. The van der Waals surface area contributed by atoms with Crippen LogP contribution in [0.25, 0.3) is 0 Å². The molecule has 2 atom stereocenters. The second-order valence-corrected chi connectivity index (χ2v) is 8.34. The maximum atomic E-state index is 9.10. The van der Waals surface area contributed by atoms with Crippen LogP contribution in [-0.2, 0) is 14.3 Å². The molecule has 2 unspecified atom stereocenters.